The topological polar surface area (TPSA) is 50.7 Å². The van der Waals surface area contributed by atoms with Crippen molar-refractivity contribution in [2.24, 2.45) is 0 Å². The van der Waals surface area contributed by atoms with Crippen molar-refractivity contribution >= 4 is 49.2 Å². The van der Waals surface area contributed by atoms with Crippen LogP contribution in [0.1, 0.15) is 31.0 Å². The number of pyridine rings is 1. The van der Waals surface area contributed by atoms with Gasteiger partial charge in [0.05, 0.1) is 20.9 Å². The van der Waals surface area contributed by atoms with Gasteiger partial charge in [0.15, 0.2) is 0 Å². The van der Waals surface area contributed by atoms with Gasteiger partial charge >= 0.3 is 0 Å². The zero-order valence-electron chi connectivity index (χ0n) is 12.1. The van der Waals surface area contributed by atoms with Crippen LogP contribution in [0.3, 0.4) is 0 Å². The van der Waals surface area contributed by atoms with Gasteiger partial charge in [-0.05, 0) is 39.2 Å². The summed E-state index contributed by atoms with van der Waals surface area (Å²) in [5.41, 5.74) is 3.05. The Morgan fingerprint density at radius 1 is 1.29 bits per heavy atom. The second-order valence-corrected chi connectivity index (χ2v) is 7.38. The molecule has 0 aromatic carbocycles. The minimum atomic E-state index is 0.188. The molecule has 6 heteroatoms. The first-order valence-electron chi connectivity index (χ1n) is 6.97. The maximum Gasteiger partial charge on any atom is 0.147 e. The molecule has 0 radical (unpaired) electrons. The number of hydrogen-bond donors (Lipinski definition) is 1. The van der Waals surface area contributed by atoms with Crippen LogP contribution in [0.15, 0.2) is 6.33 Å². The number of nitrogens with zero attached hydrogens (tertiary/aromatic N) is 3. The van der Waals surface area contributed by atoms with Gasteiger partial charge in [0.2, 0.25) is 0 Å². The highest BCUT2D eigenvalue weighted by Gasteiger charge is 2.38. The average molecular weight is 319 g/mol. The zero-order chi connectivity index (χ0) is 14.8. The van der Waals surface area contributed by atoms with E-state index in [9.17, 15) is 0 Å². The molecule has 4 rings (SSSR count). The van der Waals surface area contributed by atoms with E-state index in [0.29, 0.717) is 0 Å². The third-order valence-electron chi connectivity index (χ3n) is 4.16. The maximum absolute atomic E-state index is 6.35. The smallest absolute Gasteiger partial charge is 0.147 e. The molecule has 4 nitrogen and oxygen atoms in total. The fraction of sp³-hybridized carbons (Fsp3) is 0.400. The summed E-state index contributed by atoms with van der Waals surface area (Å²) in [7, 11) is 0. The quantitative estimate of drug-likeness (QED) is 0.757. The van der Waals surface area contributed by atoms with Gasteiger partial charge in [-0.1, -0.05) is 11.6 Å². The number of halogens is 1. The Morgan fingerprint density at radius 3 is 2.76 bits per heavy atom. The molecule has 21 heavy (non-hydrogen) atoms. The molecule has 108 valence electrons. The van der Waals surface area contributed by atoms with Crippen molar-refractivity contribution in [3.05, 3.63) is 22.6 Å². The van der Waals surface area contributed by atoms with Crippen molar-refractivity contribution in [2.45, 2.75) is 39.2 Å². The Balaban J connectivity index is 2.03. The first kappa shape index (κ1) is 13.2. The predicted molar refractivity (Wildman–Crippen MR) is 88.5 cm³/mol. The number of hydrogen-bond acceptors (Lipinski definition) is 5. The van der Waals surface area contributed by atoms with E-state index in [1.807, 2.05) is 13.8 Å². The van der Waals surface area contributed by atoms with Crippen molar-refractivity contribution in [1.29, 1.82) is 0 Å². The molecule has 0 amide bonds. The molecule has 1 N–H and O–H groups in total. The molecule has 3 aromatic heterocycles. The zero-order valence-corrected chi connectivity index (χ0v) is 13.7. The van der Waals surface area contributed by atoms with Gasteiger partial charge in [-0.3, -0.25) is 0 Å². The molecular formula is C15H15ClN4S. The Kier molecular flexibility index (Phi) is 2.69. The van der Waals surface area contributed by atoms with Crippen molar-refractivity contribution < 1.29 is 0 Å². The summed E-state index contributed by atoms with van der Waals surface area (Å²) in [6, 6.07) is 0. The van der Waals surface area contributed by atoms with Gasteiger partial charge in [0, 0.05) is 10.9 Å². The number of fused-ring (bicyclic) bond motifs is 3. The van der Waals surface area contributed by atoms with Gasteiger partial charge in [0.1, 0.15) is 17.0 Å². The van der Waals surface area contributed by atoms with Crippen LogP contribution >= 0.6 is 22.9 Å². The summed E-state index contributed by atoms with van der Waals surface area (Å²) in [5, 5.41) is 5.32. The Labute approximate surface area is 131 Å². The summed E-state index contributed by atoms with van der Waals surface area (Å²) in [5.74, 6) is 0.913. The van der Waals surface area contributed by atoms with E-state index in [2.05, 4.69) is 27.2 Å². The number of thiophene rings is 1. The van der Waals surface area contributed by atoms with E-state index in [0.717, 1.165) is 42.5 Å². The largest absolute Gasteiger partial charge is 0.364 e. The summed E-state index contributed by atoms with van der Waals surface area (Å²) >= 11 is 7.99. The van der Waals surface area contributed by atoms with E-state index in [1.54, 1.807) is 17.7 Å². The minimum Gasteiger partial charge on any atom is -0.364 e. The molecule has 3 aromatic rings. The number of anilines is 1. The van der Waals surface area contributed by atoms with Crippen molar-refractivity contribution in [1.82, 2.24) is 15.0 Å². The Morgan fingerprint density at radius 2 is 2.05 bits per heavy atom. The molecule has 0 spiro atoms. The Bertz CT molecular complexity index is 882. The highest BCUT2D eigenvalue weighted by atomic mass is 35.5. The average Bonchev–Trinajstić information content (AvgIpc) is 3.04. The lowest BCUT2D eigenvalue weighted by atomic mass is 10.1. The van der Waals surface area contributed by atoms with E-state index in [1.165, 1.54) is 12.8 Å². The third-order valence-corrected chi connectivity index (χ3v) is 5.80. The fourth-order valence-corrected chi connectivity index (χ4v) is 3.90. The van der Waals surface area contributed by atoms with Crippen LogP contribution in [-0.2, 0) is 0 Å². The molecule has 3 heterocycles. The summed E-state index contributed by atoms with van der Waals surface area (Å²) in [4.78, 5) is 14.5. The van der Waals surface area contributed by atoms with E-state index in [-0.39, 0.29) is 5.54 Å². The summed E-state index contributed by atoms with van der Waals surface area (Å²) < 4.78 is 1.07. The van der Waals surface area contributed by atoms with Gasteiger partial charge in [-0.15, -0.1) is 11.3 Å². The summed E-state index contributed by atoms with van der Waals surface area (Å²) in [6.07, 6.45) is 3.99. The van der Waals surface area contributed by atoms with E-state index >= 15 is 0 Å². The number of aryl methyl sites for hydroxylation is 2. The predicted octanol–water partition coefficient (Wildman–Crippen LogP) is 4.47. The van der Waals surface area contributed by atoms with Gasteiger partial charge in [-0.25, -0.2) is 15.0 Å². The van der Waals surface area contributed by atoms with E-state index in [4.69, 9.17) is 11.6 Å². The first-order valence-corrected chi connectivity index (χ1v) is 8.16. The van der Waals surface area contributed by atoms with Gasteiger partial charge < -0.3 is 5.32 Å². The van der Waals surface area contributed by atoms with Crippen LogP contribution < -0.4 is 5.32 Å². The second-order valence-electron chi connectivity index (χ2n) is 6.00. The molecule has 1 aliphatic carbocycles. The van der Waals surface area contributed by atoms with Gasteiger partial charge in [-0.2, -0.15) is 0 Å². The molecule has 0 atom stereocenters. The molecule has 0 bridgehead atoms. The SMILES string of the molecule is Cc1nc2sc3c(NC4(C)CC4)ncnc3c2c(C)c1Cl. The van der Waals surface area contributed by atoms with Crippen LogP contribution in [0, 0.1) is 13.8 Å². The first-order chi connectivity index (χ1) is 9.98. The molecule has 0 saturated heterocycles. The maximum atomic E-state index is 6.35. The molecule has 1 saturated carbocycles. The lowest BCUT2D eigenvalue weighted by molar-refractivity contribution is 0.823. The normalized spacial score (nSPS) is 16.6. The molecular weight excluding hydrogens is 304 g/mol. The highest BCUT2D eigenvalue weighted by Crippen LogP contribution is 2.43. The molecule has 0 aliphatic heterocycles. The fourth-order valence-electron chi connectivity index (χ4n) is 2.58. The van der Waals surface area contributed by atoms with Crippen LogP contribution in [0.5, 0.6) is 0 Å². The molecule has 1 fully saturated rings. The second kappa shape index (κ2) is 4.27. The Hall–Kier alpha value is -1.46. The summed E-state index contributed by atoms with van der Waals surface area (Å²) in [6.45, 7) is 6.19. The van der Waals surface area contributed by atoms with Crippen LogP contribution in [0.25, 0.3) is 20.4 Å². The third kappa shape index (κ3) is 1.99. The molecule has 0 unspecified atom stereocenters. The lowest BCUT2D eigenvalue weighted by Gasteiger charge is -2.12. The molecule has 1 aliphatic rings. The van der Waals surface area contributed by atoms with Gasteiger partial charge in [0.25, 0.3) is 0 Å². The number of aromatic nitrogens is 3. The van der Waals surface area contributed by atoms with Crippen LogP contribution in [0.4, 0.5) is 5.82 Å². The van der Waals surface area contributed by atoms with Crippen LogP contribution in [-0.4, -0.2) is 20.5 Å². The van der Waals surface area contributed by atoms with E-state index < -0.39 is 0 Å². The lowest BCUT2D eigenvalue weighted by Crippen LogP contribution is -2.16. The number of nitrogens with one attached hydrogen (secondary N) is 1. The monoisotopic (exact) mass is 318 g/mol. The van der Waals surface area contributed by atoms with Crippen molar-refractivity contribution in [3.8, 4) is 0 Å². The number of rotatable bonds is 2. The minimum absolute atomic E-state index is 0.188. The van der Waals surface area contributed by atoms with Crippen molar-refractivity contribution in [3.63, 3.8) is 0 Å². The van der Waals surface area contributed by atoms with Crippen molar-refractivity contribution in [2.75, 3.05) is 5.32 Å². The highest BCUT2D eigenvalue weighted by molar-refractivity contribution is 7.26. The standard InChI is InChI=1S/C15H15ClN4S/c1-7-9-11-12(21-14(9)19-8(2)10(7)16)13(18-6-17-11)20-15(3)4-5-15/h6H,4-5H2,1-3H3,(H,17,18,20). The van der Waals surface area contributed by atoms with Crippen LogP contribution in [0.2, 0.25) is 5.02 Å².